The van der Waals surface area contributed by atoms with Gasteiger partial charge in [-0.3, -0.25) is 4.99 Å². The summed E-state index contributed by atoms with van der Waals surface area (Å²) in [4.78, 5) is 16.1. The first-order valence-corrected chi connectivity index (χ1v) is 11.2. The summed E-state index contributed by atoms with van der Waals surface area (Å²) >= 11 is 1.69. The first-order chi connectivity index (χ1) is 14.2. The normalized spacial score (nSPS) is 20.2. The molecule has 0 amide bonds. The Bertz CT molecular complexity index is 901. The number of thiazole rings is 1. The zero-order valence-corrected chi connectivity index (χ0v) is 17.9. The Kier molecular flexibility index (Phi) is 6.29. The Labute approximate surface area is 175 Å². The van der Waals surface area contributed by atoms with Gasteiger partial charge in [-0.2, -0.15) is 0 Å². The van der Waals surface area contributed by atoms with E-state index in [0.29, 0.717) is 18.5 Å². The average molecular weight is 412 g/mol. The van der Waals surface area contributed by atoms with Gasteiger partial charge in [-0.25, -0.2) is 9.97 Å². The number of guanidine groups is 1. The molecule has 1 aromatic carbocycles. The van der Waals surface area contributed by atoms with Crippen LogP contribution < -0.4 is 10.6 Å². The topological polar surface area (TPSA) is 70.4 Å². The number of nitrogens with zero attached hydrogens (tertiary/aromatic N) is 5. The molecule has 2 N–H and O–H groups in total. The number of hydrogen-bond donors (Lipinski definition) is 2. The van der Waals surface area contributed by atoms with Crippen molar-refractivity contribution < 1.29 is 0 Å². The molecular formula is C21H29N7S. The molecule has 29 heavy (non-hydrogen) atoms. The van der Waals surface area contributed by atoms with Crippen molar-refractivity contribution in [2.75, 3.05) is 38.0 Å². The van der Waals surface area contributed by atoms with Gasteiger partial charge >= 0.3 is 0 Å². The molecule has 154 valence electrons. The molecule has 3 aromatic rings. The van der Waals surface area contributed by atoms with Crippen molar-refractivity contribution in [2.24, 2.45) is 10.9 Å². The first-order valence-electron chi connectivity index (χ1n) is 10.3. The number of aromatic nitrogens is 3. The van der Waals surface area contributed by atoms with E-state index in [2.05, 4.69) is 56.2 Å². The molecule has 0 aliphatic carbocycles. The van der Waals surface area contributed by atoms with Crippen molar-refractivity contribution in [1.29, 1.82) is 0 Å². The molecule has 0 spiro atoms. The maximum Gasteiger partial charge on any atom is 0.194 e. The fourth-order valence-corrected chi connectivity index (χ4v) is 4.68. The molecule has 2 aromatic heterocycles. The van der Waals surface area contributed by atoms with Crippen molar-refractivity contribution in [3.8, 4) is 0 Å². The Morgan fingerprint density at radius 1 is 1.34 bits per heavy atom. The monoisotopic (exact) mass is 411 g/mol. The van der Waals surface area contributed by atoms with E-state index in [1.54, 1.807) is 11.3 Å². The number of anilines is 1. The highest BCUT2D eigenvalue weighted by atomic mass is 32.1. The average Bonchev–Trinajstić information content (AvgIpc) is 3.40. The number of imidazole rings is 1. The number of rotatable bonds is 6. The molecule has 8 heteroatoms. The van der Waals surface area contributed by atoms with E-state index >= 15 is 0 Å². The molecule has 0 bridgehead atoms. The second-order valence-electron chi connectivity index (χ2n) is 7.44. The molecule has 1 aliphatic rings. The maximum atomic E-state index is 4.87. The third-order valence-corrected chi connectivity index (χ3v) is 6.40. The van der Waals surface area contributed by atoms with Gasteiger partial charge in [0, 0.05) is 38.6 Å². The van der Waals surface area contributed by atoms with Crippen LogP contribution in [0.2, 0.25) is 0 Å². The van der Waals surface area contributed by atoms with Crippen molar-refractivity contribution in [3.05, 3.63) is 43.0 Å². The number of benzene rings is 1. The lowest BCUT2D eigenvalue weighted by atomic mass is 9.93. The highest BCUT2D eigenvalue weighted by Gasteiger charge is 2.28. The van der Waals surface area contributed by atoms with E-state index < -0.39 is 0 Å². The molecule has 7 nitrogen and oxygen atoms in total. The lowest BCUT2D eigenvalue weighted by Gasteiger charge is -2.39. The number of nitrogens with one attached hydrogen (secondary N) is 2. The molecule has 3 heterocycles. The second-order valence-corrected chi connectivity index (χ2v) is 8.47. The van der Waals surface area contributed by atoms with Crippen LogP contribution in [-0.2, 0) is 0 Å². The Morgan fingerprint density at radius 2 is 2.24 bits per heavy atom. The summed E-state index contributed by atoms with van der Waals surface area (Å²) in [6.45, 7) is 8.77. The molecule has 0 saturated carbocycles. The summed E-state index contributed by atoms with van der Waals surface area (Å²) in [6.07, 6.45) is 7.00. The zero-order chi connectivity index (χ0) is 20.1. The van der Waals surface area contributed by atoms with E-state index in [1.807, 2.05) is 30.7 Å². The van der Waals surface area contributed by atoms with Crippen LogP contribution in [0.1, 0.15) is 26.3 Å². The summed E-state index contributed by atoms with van der Waals surface area (Å²) in [5.41, 5.74) is 1.05. The van der Waals surface area contributed by atoms with Gasteiger partial charge in [0.05, 0.1) is 29.1 Å². The summed E-state index contributed by atoms with van der Waals surface area (Å²) in [7, 11) is 0. The number of piperidine rings is 1. The lowest BCUT2D eigenvalue weighted by molar-refractivity contribution is 0.189. The van der Waals surface area contributed by atoms with Gasteiger partial charge in [-0.1, -0.05) is 30.4 Å². The first kappa shape index (κ1) is 19.7. The van der Waals surface area contributed by atoms with Gasteiger partial charge in [-0.05, 0) is 31.4 Å². The number of fused-ring (bicyclic) bond motifs is 1. The fraction of sp³-hybridized carbons (Fsp3) is 0.476. The van der Waals surface area contributed by atoms with Crippen LogP contribution in [-0.4, -0.2) is 58.1 Å². The van der Waals surface area contributed by atoms with Gasteiger partial charge < -0.3 is 20.1 Å². The fourth-order valence-electron chi connectivity index (χ4n) is 3.79. The van der Waals surface area contributed by atoms with Crippen molar-refractivity contribution in [3.63, 3.8) is 0 Å². The molecule has 4 rings (SSSR count). The zero-order valence-electron chi connectivity index (χ0n) is 17.1. The van der Waals surface area contributed by atoms with E-state index in [0.717, 1.165) is 49.2 Å². The Balaban J connectivity index is 1.36. The van der Waals surface area contributed by atoms with E-state index in [9.17, 15) is 0 Å². The summed E-state index contributed by atoms with van der Waals surface area (Å²) < 4.78 is 3.44. The predicted octanol–water partition coefficient (Wildman–Crippen LogP) is 3.45. The molecule has 1 fully saturated rings. The molecule has 2 atom stereocenters. The Morgan fingerprint density at radius 3 is 3.03 bits per heavy atom. The van der Waals surface area contributed by atoms with Crippen LogP contribution in [0.3, 0.4) is 0 Å². The van der Waals surface area contributed by atoms with E-state index in [4.69, 9.17) is 4.99 Å². The Hall–Kier alpha value is -2.61. The van der Waals surface area contributed by atoms with Crippen LogP contribution in [0.5, 0.6) is 0 Å². The number of hydrogen-bond acceptors (Lipinski definition) is 5. The summed E-state index contributed by atoms with van der Waals surface area (Å²) in [5.74, 6) is 1.62. The highest BCUT2D eigenvalue weighted by Crippen LogP contribution is 2.27. The van der Waals surface area contributed by atoms with Gasteiger partial charge in [-0.15, -0.1) is 0 Å². The second kappa shape index (κ2) is 9.26. The van der Waals surface area contributed by atoms with Crippen LogP contribution in [0.4, 0.5) is 5.13 Å². The lowest BCUT2D eigenvalue weighted by Crippen LogP contribution is -2.49. The van der Waals surface area contributed by atoms with Crippen molar-refractivity contribution in [1.82, 2.24) is 24.8 Å². The van der Waals surface area contributed by atoms with Crippen LogP contribution >= 0.6 is 11.3 Å². The van der Waals surface area contributed by atoms with Gasteiger partial charge in [0.2, 0.25) is 0 Å². The van der Waals surface area contributed by atoms with E-state index in [1.165, 1.54) is 4.70 Å². The molecule has 0 radical (unpaired) electrons. The number of likely N-dealkylation sites (tertiary alicyclic amines) is 1. The molecule has 2 unspecified atom stereocenters. The maximum absolute atomic E-state index is 4.87. The predicted molar refractivity (Wildman–Crippen MR) is 121 cm³/mol. The third-order valence-electron chi connectivity index (χ3n) is 5.40. The summed E-state index contributed by atoms with van der Waals surface area (Å²) in [5, 5.41) is 7.83. The molecule has 1 saturated heterocycles. The minimum atomic E-state index is 0.427. The smallest absolute Gasteiger partial charge is 0.194 e. The van der Waals surface area contributed by atoms with Crippen LogP contribution in [0.15, 0.2) is 48.0 Å². The minimum Gasteiger partial charge on any atom is -0.360 e. The molecular weight excluding hydrogens is 382 g/mol. The quantitative estimate of drug-likeness (QED) is 0.369. The van der Waals surface area contributed by atoms with Crippen molar-refractivity contribution >= 4 is 32.6 Å². The molecule has 1 aliphatic heterocycles. The minimum absolute atomic E-state index is 0.427. The largest absolute Gasteiger partial charge is 0.360 e. The van der Waals surface area contributed by atoms with Gasteiger partial charge in [0.1, 0.15) is 0 Å². The van der Waals surface area contributed by atoms with E-state index in [-0.39, 0.29) is 0 Å². The van der Waals surface area contributed by atoms with Crippen LogP contribution in [0, 0.1) is 5.92 Å². The SMILES string of the molecule is CCNC(=NCCNc1nc2ccccc2s1)N1CCC(C)C(n2ccnc2)C1. The van der Waals surface area contributed by atoms with Gasteiger partial charge in [0.25, 0.3) is 0 Å². The van der Waals surface area contributed by atoms with Gasteiger partial charge in [0.15, 0.2) is 11.1 Å². The number of aliphatic imine (C=N–C) groups is 1. The highest BCUT2D eigenvalue weighted by molar-refractivity contribution is 7.22. The van der Waals surface area contributed by atoms with Crippen molar-refractivity contribution in [2.45, 2.75) is 26.3 Å². The van der Waals surface area contributed by atoms with Crippen LogP contribution in [0.25, 0.3) is 10.2 Å². The summed E-state index contributed by atoms with van der Waals surface area (Å²) in [6, 6.07) is 8.65. The third kappa shape index (κ3) is 4.70. The standard InChI is InChI=1S/C21H29N7S/c1-3-23-20(27-12-8-16(2)18(14-27)28-13-11-22-15-28)24-9-10-25-21-26-17-6-4-5-7-19(17)29-21/h4-7,11,13,15-16,18H,3,8-10,12,14H2,1-2H3,(H,23,24)(H,25,26). The number of para-hydroxylation sites is 1.